The van der Waals surface area contributed by atoms with Crippen LogP contribution in [0.4, 0.5) is 5.69 Å². The summed E-state index contributed by atoms with van der Waals surface area (Å²) in [5, 5.41) is 0. The van der Waals surface area contributed by atoms with Crippen LogP contribution < -0.4 is 4.90 Å². The van der Waals surface area contributed by atoms with Crippen molar-refractivity contribution in [3.05, 3.63) is 102 Å². The molecule has 0 aliphatic carbocycles. The quantitative estimate of drug-likeness (QED) is 0.606. The number of rotatable bonds is 4. The van der Waals surface area contributed by atoms with Crippen LogP contribution in [0.3, 0.4) is 0 Å². The molecule has 3 heteroatoms. The molecule has 1 amide bonds. The van der Waals surface area contributed by atoms with E-state index in [9.17, 15) is 4.79 Å². The van der Waals surface area contributed by atoms with Gasteiger partial charge in [0.15, 0.2) is 0 Å². The second-order valence-corrected chi connectivity index (χ2v) is 6.20. The van der Waals surface area contributed by atoms with Crippen LogP contribution in [0, 0.1) is 0 Å². The largest absolute Gasteiger partial charge is 0.273 e. The fourth-order valence-corrected chi connectivity index (χ4v) is 3.04. The lowest BCUT2D eigenvalue weighted by molar-refractivity contribution is -0.118. The molecule has 25 heavy (non-hydrogen) atoms. The zero-order valence-electron chi connectivity index (χ0n) is 14.0. The summed E-state index contributed by atoms with van der Waals surface area (Å²) < 4.78 is 0. The normalized spacial score (nSPS) is 11.6. The lowest BCUT2D eigenvalue weighted by Crippen LogP contribution is -2.39. The molecule has 0 N–H and O–H groups in total. The molecule has 124 valence electrons. The summed E-state index contributed by atoms with van der Waals surface area (Å²) >= 11 is 5.67. The molecular formula is C22H19NOS. The molecule has 0 spiro atoms. The first-order chi connectivity index (χ1) is 12.2. The second-order valence-electron chi connectivity index (χ2n) is 5.81. The van der Waals surface area contributed by atoms with Crippen LogP contribution in [-0.4, -0.2) is 10.9 Å². The fraction of sp³-hybridized carbons (Fsp3) is 0.0909. The molecule has 0 saturated heterocycles. The molecule has 0 heterocycles. The number of nitrogens with zero attached hydrogens (tertiary/aromatic N) is 1. The van der Waals surface area contributed by atoms with E-state index < -0.39 is 0 Å². The highest BCUT2D eigenvalue weighted by Gasteiger charge is 2.26. The molecule has 2 nitrogen and oxygen atoms in total. The van der Waals surface area contributed by atoms with E-state index in [1.165, 1.54) is 0 Å². The summed E-state index contributed by atoms with van der Waals surface area (Å²) in [5.41, 5.74) is 2.61. The average Bonchev–Trinajstić information content (AvgIpc) is 2.69. The predicted octanol–water partition coefficient (Wildman–Crippen LogP) is 5.20. The van der Waals surface area contributed by atoms with Crippen molar-refractivity contribution in [2.75, 3.05) is 4.90 Å². The maximum absolute atomic E-state index is 13.3. The zero-order valence-corrected chi connectivity index (χ0v) is 14.8. The lowest BCUT2D eigenvalue weighted by Gasteiger charge is -2.27. The molecule has 3 rings (SSSR count). The smallest absolute Gasteiger partial charge is 0.239 e. The van der Waals surface area contributed by atoms with E-state index in [2.05, 4.69) is 0 Å². The van der Waals surface area contributed by atoms with Crippen LogP contribution in [0.1, 0.15) is 24.0 Å². The van der Waals surface area contributed by atoms with Gasteiger partial charge >= 0.3 is 0 Å². The predicted molar refractivity (Wildman–Crippen MR) is 107 cm³/mol. The Morgan fingerprint density at radius 2 is 1.28 bits per heavy atom. The van der Waals surface area contributed by atoms with E-state index in [-0.39, 0.29) is 11.8 Å². The van der Waals surface area contributed by atoms with Crippen molar-refractivity contribution in [1.29, 1.82) is 0 Å². The minimum Gasteiger partial charge on any atom is -0.273 e. The Morgan fingerprint density at radius 1 is 0.800 bits per heavy atom. The first-order valence-corrected chi connectivity index (χ1v) is 8.62. The Morgan fingerprint density at radius 3 is 1.84 bits per heavy atom. The number of thiocarbonyl (C=S) groups is 1. The van der Waals surface area contributed by atoms with Crippen molar-refractivity contribution < 1.29 is 4.79 Å². The van der Waals surface area contributed by atoms with E-state index in [1.807, 2.05) is 97.9 Å². The van der Waals surface area contributed by atoms with Crippen molar-refractivity contribution in [1.82, 2.24) is 0 Å². The maximum Gasteiger partial charge on any atom is 0.239 e. The van der Waals surface area contributed by atoms with Gasteiger partial charge in [0.2, 0.25) is 5.91 Å². The van der Waals surface area contributed by atoms with Crippen molar-refractivity contribution >= 4 is 28.8 Å². The van der Waals surface area contributed by atoms with Gasteiger partial charge in [-0.05, 0) is 24.6 Å². The SMILES string of the molecule is C[C@H](C(=O)N(C(=S)c1ccccc1)c1ccccc1)c1ccccc1. The molecule has 0 radical (unpaired) electrons. The summed E-state index contributed by atoms with van der Waals surface area (Å²) in [4.78, 5) is 15.5. The summed E-state index contributed by atoms with van der Waals surface area (Å²) in [6.45, 7) is 1.92. The minimum atomic E-state index is -0.289. The lowest BCUT2D eigenvalue weighted by atomic mass is 9.99. The highest BCUT2D eigenvalue weighted by molar-refractivity contribution is 7.81. The van der Waals surface area contributed by atoms with E-state index in [4.69, 9.17) is 12.2 Å². The Balaban J connectivity index is 2.00. The van der Waals surface area contributed by atoms with E-state index in [0.717, 1.165) is 16.8 Å². The van der Waals surface area contributed by atoms with Gasteiger partial charge in [-0.15, -0.1) is 0 Å². The van der Waals surface area contributed by atoms with Gasteiger partial charge in [0.05, 0.1) is 5.92 Å². The number of benzene rings is 3. The molecule has 0 fully saturated rings. The van der Waals surface area contributed by atoms with Gasteiger partial charge in [-0.25, -0.2) is 0 Å². The van der Waals surface area contributed by atoms with Crippen LogP contribution in [0.15, 0.2) is 91.0 Å². The number of hydrogen-bond acceptors (Lipinski definition) is 2. The van der Waals surface area contributed by atoms with Gasteiger partial charge in [0, 0.05) is 11.3 Å². The van der Waals surface area contributed by atoms with Crippen LogP contribution in [-0.2, 0) is 4.79 Å². The number of anilines is 1. The number of para-hydroxylation sites is 1. The summed E-state index contributed by atoms with van der Waals surface area (Å²) in [7, 11) is 0. The van der Waals surface area contributed by atoms with Crippen molar-refractivity contribution in [2.24, 2.45) is 0 Å². The topological polar surface area (TPSA) is 20.3 Å². The van der Waals surface area contributed by atoms with Crippen molar-refractivity contribution in [3.63, 3.8) is 0 Å². The van der Waals surface area contributed by atoms with Crippen LogP contribution >= 0.6 is 12.2 Å². The third-order valence-corrected chi connectivity index (χ3v) is 4.55. The molecule has 0 bridgehead atoms. The Hall–Kier alpha value is -2.78. The highest BCUT2D eigenvalue weighted by atomic mass is 32.1. The molecule has 0 unspecified atom stereocenters. The first kappa shape index (κ1) is 17.1. The summed E-state index contributed by atoms with van der Waals surface area (Å²) in [6, 6.07) is 29.0. The van der Waals surface area contributed by atoms with Crippen LogP contribution in [0.25, 0.3) is 0 Å². The average molecular weight is 345 g/mol. The van der Waals surface area contributed by atoms with Gasteiger partial charge in [-0.1, -0.05) is 91.1 Å². The van der Waals surface area contributed by atoms with Gasteiger partial charge in [-0.2, -0.15) is 0 Å². The van der Waals surface area contributed by atoms with E-state index in [0.29, 0.717) is 4.99 Å². The standard InChI is InChI=1S/C22H19NOS/c1-17(18-11-5-2-6-12-18)21(24)23(20-15-9-4-10-16-20)22(25)19-13-7-3-8-14-19/h2-17H,1H3/t17-/m0/s1. The second kappa shape index (κ2) is 7.86. The molecule has 3 aromatic carbocycles. The van der Waals surface area contributed by atoms with E-state index >= 15 is 0 Å². The summed E-state index contributed by atoms with van der Waals surface area (Å²) in [6.07, 6.45) is 0. The molecular weight excluding hydrogens is 326 g/mol. The number of carbonyl (C=O) groups excluding carboxylic acids is 1. The highest BCUT2D eigenvalue weighted by Crippen LogP contribution is 2.25. The maximum atomic E-state index is 13.3. The molecule has 0 saturated carbocycles. The minimum absolute atomic E-state index is 0.0359. The molecule has 0 aliphatic rings. The first-order valence-electron chi connectivity index (χ1n) is 8.22. The van der Waals surface area contributed by atoms with Gasteiger partial charge in [-0.3, -0.25) is 9.69 Å². The third kappa shape index (κ3) is 3.83. The number of hydrogen-bond donors (Lipinski definition) is 0. The molecule has 0 aliphatic heterocycles. The Labute approximate surface area is 153 Å². The van der Waals surface area contributed by atoms with Gasteiger partial charge in [0.25, 0.3) is 0 Å². The van der Waals surface area contributed by atoms with Gasteiger partial charge in [0.1, 0.15) is 4.99 Å². The molecule has 3 aromatic rings. The van der Waals surface area contributed by atoms with Crippen LogP contribution in [0.5, 0.6) is 0 Å². The molecule has 0 aromatic heterocycles. The third-order valence-electron chi connectivity index (χ3n) is 4.13. The van der Waals surface area contributed by atoms with E-state index in [1.54, 1.807) is 4.90 Å². The van der Waals surface area contributed by atoms with Crippen molar-refractivity contribution in [2.45, 2.75) is 12.8 Å². The zero-order chi connectivity index (χ0) is 17.6. The van der Waals surface area contributed by atoms with Crippen molar-refractivity contribution in [3.8, 4) is 0 Å². The number of carbonyl (C=O) groups is 1. The Bertz CT molecular complexity index is 847. The molecule has 1 atom stereocenters. The monoisotopic (exact) mass is 345 g/mol. The Kier molecular flexibility index (Phi) is 5.36. The van der Waals surface area contributed by atoms with Gasteiger partial charge < -0.3 is 0 Å². The van der Waals surface area contributed by atoms with Crippen LogP contribution in [0.2, 0.25) is 0 Å². The fourth-order valence-electron chi connectivity index (χ4n) is 2.71. The number of amides is 1. The summed E-state index contributed by atoms with van der Waals surface area (Å²) in [5.74, 6) is -0.325.